The molecule has 0 aromatic carbocycles. The summed E-state index contributed by atoms with van der Waals surface area (Å²) in [6, 6.07) is 0.561. The molecule has 3 nitrogen and oxygen atoms in total. The van der Waals surface area contributed by atoms with E-state index in [1.54, 1.807) is 0 Å². The number of nitrogens with zero attached hydrogens (tertiary/aromatic N) is 1. The van der Waals surface area contributed by atoms with E-state index < -0.39 is 0 Å². The van der Waals surface area contributed by atoms with Crippen molar-refractivity contribution in [3.8, 4) is 0 Å². The molecule has 3 heteroatoms. The highest BCUT2D eigenvalue weighted by molar-refractivity contribution is 4.86. The van der Waals surface area contributed by atoms with Crippen molar-refractivity contribution in [2.24, 2.45) is 11.3 Å². The van der Waals surface area contributed by atoms with Crippen LogP contribution in [0.3, 0.4) is 0 Å². The maximum Gasteiger partial charge on any atom is 0.0471 e. The molecular formula is C15H32N2O. The van der Waals surface area contributed by atoms with Crippen LogP contribution in [0, 0.1) is 11.3 Å². The molecule has 1 rings (SSSR count). The fourth-order valence-electron chi connectivity index (χ4n) is 2.88. The van der Waals surface area contributed by atoms with E-state index >= 15 is 0 Å². The van der Waals surface area contributed by atoms with Crippen LogP contribution in [-0.2, 0) is 0 Å². The third kappa shape index (κ3) is 4.52. The van der Waals surface area contributed by atoms with Crippen LogP contribution in [0.2, 0.25) is 0 Å². The van der Waals surface area contributed by atoms with Crippen molar-refractivity contribution >= 4 is 0 Å². The minimum atomic E-state index is 0.353. The number of aliphatic hydroxyl groups is 1. The maximum atomic E-state index is 9.23. The molecule has 0 saturated carbocycles. The fraction of sp³-hybridized carbons (Fsp3) is 1.00. The third-order valence-electron chi connectivity index (χ3n) is 4.57. The van der Waals surface area contributed by atoms with Crippen LogP contribution in [0.4, 0.5) is 0 Å². The number of hydrogen-bond acceptors (Lipinski definition) is 3. The van der Waals surface area contributed by atoms with Gasteiger partial charge in [0, 0.05) is 32.3 Å². The summed E-state index contributed by atoms with van der Waals surface area (Å²) in [6.07, 6.45) is 3.62. The average molecular weight is 256 g/mol. The number of aliphatic hydroxyl groups excluding tert-OH is 1. The standard InChI is InChI=1S/C15H32N2O/c1-5-15(6-2,11-16-13(3)4)12-17-8-7-14(9-17)10-18/h13-14,16,18H,5-12H2,1-4H3. The molecule has 2 N–H and O–H groups in total. The van der Waals surface area contributed by atoms with E-state index in [0.29, 0.717) is 24.0 Å². The third-order valence-corrected chi connectivity index (χ3v) is 4.57. The highest BCUT2D eigenvalue weighted by Crippen LogP contribution is 2.29. The Morgan fingerprint density at radius 3 is 2.44 bits per heavy atom. The molecular weight excluding hydrogens is 224 g/mol. The Kier molecular flexibility index (Phi) is 6.61. The smallest absolute Gasteiger partial charge is 0.0471 e. The molecule has 0 bridgehead atoms. The second kappa shape index (κ2) is 7.46. The summed E-state index contributed by atoms with van der Waals surface area (Å²) >= 11 is 0. The van der Waals surface area contributed by atoms with Gasteiger partial charge in [-0.3, -0.25) is 0 Å². The normalized spacial score (nSPS) is 22.0. The van der Waals surface area contributed by atoms with Crippen LogP contribution in [0.25, 0.3) is 0 Å². The van der Waals surface area contributed by atoms with E-state index in [2.05, 4.69) is 37.9 Å². The topological polar surface area (TPSA) is 35.5 Å². The molecule has 18 heavy (non-hydrogen) atoms. The number of likely N-dealkylation sites (tertiary alicyclic amines) is 1. The molecule has 1 aliphatic rings. The van der Waals surface area contributed by atoms with Crippen LogP contribution in [0.15, 0.2) is 0 Å². The van der Waals surface area contributed by atoms with Crippen LogP contribution < -0.4 is 5.32 Å². The van der Waals surface area contributed by atoms with Crippen molar-refractivity contribution in [2.75, 3.05) is 32.8 Å². The van der Waals surface area contributed by atoms with Crippen molar-refractivity contribution in [3.63, 3.8) is 0 Å². The first-order chi connectivity index (χ1) is 8.55. The lowest BCUT2D eigenvalue weighted by Gasteiger charge is -2.36. The van der Waals surface area contributed by atoms with Gasteiger partial charge in [-0.1, -0.05) is 27.7 Å². The van der Waals surface area contributed by atoms with Crippen LogP contribution in [0.5, 0.6) is 0 Å². The maximum absolute atomic E-state index is 9.23. The summed E-state index contributed by atoms with van der Waals surface area (Å²) in [5, 5.41) is 12.8. The Labute approximate surface area is 113 Å². The summed E-state index contributed by atoms with van der Waals surface area (Å²) in [4.78, 5) is 2.55. The van der Waals surface area contributed by atoms with Gasteiger partial charge in [0.15, 0.2) is 0 Å². The highest BCUT2D eigenvalue weighted by Gasteiger charge is 2.32. The molecule has 0 radical (unpaired) electrons. The van der Waals surface area contributed by atoms with Gasteiger partial charge >= 0.3 is 0 Å². The fourth-order valence-corrected chi connectivity index (χ4v) is 2.88. The SMILES string of the molecule is CCC(CC)(CNC(C)C)CN1CCC(CO)C1. The molecule has 0 spiro atoms. The summed E-state index contributed by atoms with van der Waals surface area (Å²) in [5.41, 5.74) is 0.397. The molecule has 1 fully saturated rings. The van der Waals surface area contributed by atoms with Crippen molar-refractivity contribution in [1.29, 1.82) is 0 Å². The van der Waals surface area contributed by atoms with Gasteiger partial charge in [0.05, 0.1) is 0 Å². The minimum absolute atomic E-state index is 0.353. The van der Waals surface area contributed by atoms with Gasteiger partial charge < -0.3 is 15.3 Å². The average Bonchev–Trinajstić information content (AvgIpc) is 2.82. The van der Waals surface area contributed by atoms with Crippen molar-refractivity contribution in [3.05, 3.63) is 0 Å². The molecule has 1 heterocycles. The Morgan fingerprint density at radius 2 is 2.00 bits per heavy atom. The lowest BCUT2D eigenvalue weighted by atomic mass is 9.81. The van der Waals surface area contributed by atoms with Gasteiger partial charge in [0.25, 0.3) is 0 Å². The number of nitrogens with one attached hydrogen (secondary N) is 1. The molecule has 1 atom stereocenters. The molecule has 1 saturated heterocycles. The first-order valence-electron chi connectivity index (χ1n) is 7.62. The Bertz CT molecular complexity index is 227. The van der Waals surface area contributed by atoms with Gasteiger partial charge in [-0.2, -0.15) is 0 Å². The zero-order chi connectivity index (χ0) is 13.6. The second-order valence-corrected chi connectivity index (χ2v) is 6.32. The summed E-state index contributed by atoms with van der Waals surface area (Å²) in [7, 11) is 0. The first kappa shape index (κ1) is 15.9. The number of hydrogen-bond donors (Lipinski definition) is 2. The van der Waals surface area contributed by atoms with Gasteiger partial charge in [-0.15, -0.1) is 0 Å². The van der Waals surface area contributed by atoms with Crippen molar-refractivity contribution in [2.45, 2.75) is 53.0 Å². The monoisotopic (exact) mass is 256 g/mol. The van der Waals surface area contributed by atoms with Gasteiger partial charge in [0.1, 0.15) is 0 Å². The van der Waals surface area contributed by atoms with E-state index in [1.807, 2.05) is 0 Å². The van der Waals surface area contributed by atoms with Crippen LogP contribution in [-0.4, -0.2) is 48.8 Å². The van der Waals surface area contributed by atoms with Gasteiger partial charge in [-0.25, -0.2) is 0 Å². The Morgan fingerprint density at radius 1 is 1.33 bits per heavy atom. The van der Waals surface area contributed by atoms with Crippen molar-refractivity contribution < 1.29 is 5.11 Å². The summed E-state index contributed by atoms with van der Waals surface area (Å²) < 4.78 is 0. The van der Waals surface area contributed by atoms with Crippen molar-refractivity contribution in [1.82, 2.24) is 10.2 Å². The van der Waals surface area contributed by atoms with E-state index in [4.69, 9.17) is 0 Å². The van der Waals surface area contributed by atoms with Crippen LogP contribution in [0.1, 0.15) is 47.0 Å². The lowest BCUT2D eigenvalue weighted by molar-refractivity contribution is 0.142. The predicted molar refractivity (Wildman–Crippen MR) is 77.8 cm³/mol. The molecule has 1 unspecified atom stereocenters. The van der Waals surface area contributed by atoms with Gasteiger partial charge in [-0.05, 0) is 37.1 Å². The minimum Gasteiger partial charge on any atom is -0.396 e. The van der Waals surface area contributed by atoms with E-state index in [9.17, 15) is 5.11 Å². The summed E-state index contributed by atoms with van der Waals surface area (Å²) in [6.45, 7) is 13.9. The molecule has 0 amide bonds. The van der Waals surface area contributed by atoms with E-state index in [0.717, 1.165) is 26.1 Å². The van der Waals surface area contributed by atoms with E-state index in [-0.39, 0.29) is 0 Å². The Hall–Kier alpha value is -0.120. The van der Waals surface area contributed by atoms with Gasteiger partial charge in [0.2, 0.25) is 0 Å². The summed E-state index contributed by atoms with van der Waals surface area (Å²) in [5.74, 6) is 0.509. The highest BCUT2D eigenvalue weighted by atomic mass is 16.3. The molecule has 108 valence electrons. The molecule has 0 aliphatic carbocycles. The quantitative estimate of drug-likeness (QED) is 0.698. The van der Waals surface area contributed by atoms with Crippen LogP contribution >= 0.6 is 0 Å². The second-order valence-electron chi connectivity index (χ2n) is 6.32. The zero-order valence-corrected chi connectivity index (χ0v) is 12.7. The Balaban J connectivity index is 2.51. The first-order valence-corrected chi connectivity index (χ1v) is 7.62. The molecule has 0 aromatic heterocycles. The zero-order valence-electron chi connectivity index (χ0n) is 12.7. The molecule has 0 aromatic rings. The number of rotatable bonds is 8. The molecule has 1 aliphatic heterocycles. The largest absolute Gasteiger partial charge is 0.396 e. The van der Waals surface area contributed by atoms with E-state index in [1.165, 1.54) is 19.4 Å². The predicted octanol–water partition coefficient (Wildman–Crippen LogP) is 2.11. The lowest BCUT2D eigenvalue weighted by Crippen LogP contribution is -2.44.